The van der Waals surface area contributed by atoms with Crippen LogP contribution in [0.25, 0.3) is 0 Å². The Morgan fingerprint density at radius 1 is 1.26 bits per heavy atom. The summed E-state index contributed by atoms with van der Waals surface area (Å²) in [6, 6.07) is 3.27. The van der Waals surface area contributed by atoms with Crippen LogP contribution in [0.4, 0.5) is 11.4 Å². The van der Waals surface area contributed by atoms with Gasteiger partial charge in [-0.1, -0.05) is 13.8 Å². The maximum absolute atomic E-state index is 13.1. The van der Waals surface area contributed by atoms with Crippen LogP contribution in [0.5, 0.6) is 5.75 Å². The number of aromatic nitrogens is 2. The average Bonchev–Trinajstić information content (AvgIpc) is 3.03. The van der Waals surface area contributed by atoms with Crippen molar-refractivity contribution in [2.45, 2.75) is 70.2 Å². The van der Waals surface area contributed by atoms with Crippen molar-refractivity contribution in [3.8, 4) is 5.75 Å². The highest BCUT2D eigenvalue weighted by molar-refractivity contribution is 5.62. The molecule has 10 nitrogen and oxygen atoms in total. The van der Waals surface area contributed by atoms with Gasteiger partial charge in [-0.25, -0.2) is 4.68 Å². The highest BCUT2D eigenvalue weighted by Crippen LogP contribution is 2.42. The molecule has 2 aromatic rings. The van der Waals surface area contributed by atoms with Crippen LogP contribution >= 0.6 is 0 Å². The van der Waals surface area contributed by atoms with Gasteiger partial charge in [0, 0.05) is 23.2 Å². The summed E-state index contributed by atoms with van der Waals surface area (Å²) < 4.78 is 6.73. The SMILES string of the molecule is COc1cc([N+](=O)[O-])ccc1NC1C(O)C(c2c(C(C)C)[nH]n(C(C)(C)C)c2=O)C1O. The number of non-ortho nitro benzene ring substituents is 1. The smallest absolute Gasteiger partial charge is 0.273 e. The molecule has 1 aliphatic carbocycles. The Balaban J connectivity index is 1.91. The number of aliphatic hydroxyl groups is 2. The summed E-state index contributed by atoms with van der Waals surface area (Å²) in [5.41, 5.74) is 0.604. The molecule has 1 aromatic heterocycles. The molecule has 0 spiro atoms. The predicted molar refractivity (Wildman–Crippen MR) is 116 cm³/mol. The largest absolute Gasteiger partial charge is 0.494 e. The second kappa shape index (κ2) is 8.01. The molecule has 3 rings (SSSR count). The number of aromatic amines is 1. The molecule has 0 bridgehead atoms. The van der Waals surface area contributed by atoms with E-state index in [1.807, 2.05) is 34.6 Å². The van der Waals surface area contributed by atoms with Crippen LogP contribution in [0.1, 0.15) is 57.7 Å². The lowest BCUT2D eigenvalue weighted by Gasteiger charge is -2.47. The lowest BCUT2D eigenvalue weighted by molar-refractivity contribution is -0.384. The number of nitro benzene ring substituents is 1. The first-order chi connectivity index (χ1) is 14.4. The fraction of sp³-hybridized carbons (Fsp3) is 0.571. The molecule has 1 heterocycles. The van der Waals surface area contributed by atoms with E-state index in [4.69, 9.17) is 4.74 Å². The van der Waals surface area contributed by atoms with Crippen molar-refractivity contribution >= 4 is 11.4 Å². The summed E-state index contributed by atoms with van der Waals surface area (Å²) in [6.45, 7) is 9.58. The van der Waals surface area contributed by atoms with Gasteiger partial charge >= 0.3 is 0 Å². The summed E-state index contributed by atoms with van der Waals surface area (Å²) in [7, 11) is 1.38. The maximum Gasteiger partial charge on any atom is 0.273 e. The summed E-state index contributed by atoms with van der Waals surface area (Å²) in [5, 5.41) is 38.9. The molecule has 1 aromatic carbocycles. The van der Waals surface area contributed by atoms with Crippen LogP contribution < -0.4 is 15.6 Å². The molecule has 1 saturated carbocycles. The molecule has 0 saturated heterocycles. The Morgan fingerprint density at radius 3 is 2.35 bits per heavy atom. The van der Waals surface area contributed by atoms with Crippen molar-refractivity contribution in [1.29, 1.82) is 0 Å². The first kappa shape index (κ1) is 22.8. The Labute approximate surface area is 180 Å². The number of hydrogen-bond acceptors (Lipinski definition) is 7. The van der Waals surface area contributed by atoms with Crippen LogP contribution in [0.2, 0.25) is 0 Å². The standard InChI is InChI=1S/C21H30N4O6/c1-10(2)16-14(20(28)24(23-16)21(3,4)5)15-18(26)17(19(15)27)22-12-8-7-11(25(29)30)9-13(12)31-6/h7-10,15,17-19,22-23,26-27H,1-6H3. The summed E-state index contributed by atoms with van der Waals surface area (Å²) in [5.74, 6) is -0.546. The minimum atomic E-state index is -1.04. The Kier molecular flexibility index (Phi) is 5.90. The van der Waals surface area contributed by atoms with Gasteiger partial charge in [0.15, 0.2) is 0 Å². The number of anilines is 1. The van der Waals surface area contributed by atoms with Crippen molar-refractivity contribution in [1.82, 2.24) is 9.78 Å². The molecule has 1 fully saturated rings. The van der Waals surface area contributed by atoms with Gasteiger partial charge in [-0.05, 0) is 32.8 Å². The molecule has 0 aliphatic heterocycles. The lowest BCUT2D eigenvalue weighted by Crippen LogP contribution is -2.62. The van der Waals surface area contributed by atoms with E-state index in [1.165, 1.54) is 30.0 Å². The molecule has 1 aliphatic rings. The van der Waals surface area contributed by atoms with Gasteiger partial charge in [0.25, 0.3) is 11.2 Å². The first-order valence-electron chi connectivity index (χ1n) is 10.2. The highest BCUT2D eigenvalue weighted by Gasteiger charge is 2.52. The average molecular weight is 434 g/mol. The van der Waals surface area contributed by atoms with E-state index in [9.17, 15) is 25.1 Å². The summed E-state index contributed by atoms with van der Waals surface area (Å²) in [6.07, 6.45) is -2.08. The van der Waals surface area contributed by atoms with Gasteiger partial charge in [0.05, 0.1) is 47.6 Å². The van der Waals surface area contributed by atoms with Crippen molar-refractivity contribution in [3.05, 3.63) is 49.9 Å². The topological polar surface area (TPSA) is 143 Å². The summed E-state index contributed by atoms with van der Waals surface area (Å²) in [4.78, 5) is 23.6. The Hall–Kier alpha value is -2.85. The molecule has 31 heavy (non-hydrogen) atoms. The number of methoxy groups -OCH3 is 1. The summed E-state index contributed by atoms with van der Waals surface area (Å²) >= 11 is 0. The fourth-order valence-electron chi connectivity index (χ4n) is 4.01. The Bertz CT molecular complexity index is 1030. The molecule has 10 heteroatoms. The third-order valence-corrected chi connectivity index (χ3v) is 5.73. The van der Waals surface area contributed by atoms with Gasteiger partial charge in [-0.3, -0.25) is 20.0 Å². The second-order valence-electron chi connectivity index (χ2n) is 9.22. The first-order valence-corrected chi connectivity index (χ1v) is 10.2. The zero-order chi connectivity index (χ0) is 23.2. The number of rotatable bonds is 6. The van der Waals surface area contributed by atoms with Gasteiger partial charge < -0.3 is 20.3 Å². The Morgan fingerprint density at radius 2 is 1.87 bits per heavy atom. The third kappa shape index (κ3) is 3.92. The number of H-pyrrole nitrogens is 1. The van der Waals surface area contributed by atoms with Crippen molar-refractivity contribution in [3.63, 3.8) is 0 Å². The number of benzene rings is 1. The third-order valence-electron chi connectivity index (χ3n) is 5.73. The van der Waals surface area contributed by atoms with E-state index < -0.39 is 34.6 Å². The van der Waals surface area contributed by atoms with E-state index >= 15 is 0 Å². The zero-order valence-electron chi connectivity index (χ0n) is 18.5. The molecule has 4 N–H and O–H groups in total. The second-order valence-corrected chi connectivity index (χ2v) is 9.22. The van der Waals surface area contributed by atoms with Crippen LogP contribution in [0, 0.1) is 10.1 Å². The van der Waals surface area contributed by atoms with Crippen molar-refractivity contribution in [2.24, 2.45) is 0 Å². The molecule has 0 amide bonds. The van der Waals surface area contributed by atoms with E-state index in [1.54, 1.807) is 0 Å². The quantitative estimate of drug-likeness (QED) is 0.403. The minimum absolute atomic E-state index is 0.00697. The number of hydrogen-bond donors (Lipinski definition) is 4. The number of ether oxygens (including phenoxy) is 1. The normalized spacial score (nSPS) is 23.5. The van der Waals surface area contributed by atoms with E-state index in [-0.39, 0.29) is 22.9 Å². The van der Waals surface area contributed by atoms with Gasteiger partial charge in [-0.15, -0.1) is 0 Å². The van der Waals surface area contributed by atoms with Crippen LogP contribution in [0.3, 0.4) is 0 Å². The molecule has 170 valence electrons. The minimum Gasteiger partial charge on any atom is -0.494 e. The van der Waals surface area contributed by atoms with E-state index in [0.717, 1.165) is 0 Å². The lowest BCUT2D eigenvalue weighted by atomic mass is 9.69. The van der Waals surface area contributed by atoms with Gasteiger partial charge in [0.2, 0.25) is 0 Å². The monoisotopic (exact) mass is 434 g/mol. The number of nitro groups is 1. The predicted octanol–water partition coefficient (Wildman–Crippen LogP) is 2.27. The van der Waals surface area contributed by atoms with Gasteiger partial charge in [0.1, 0.15) is 5.75 Å². The molecular formula is C21H30N4O6. The number of nitrogens with zero attached hydrogens (tertiary/aromatic N) is 2. The maximum atomic E-state index is 13.1. The van der Waals surface area contributed by atoms with Crippen LogP contribution in [0.15, 0.2) is 23.0 Å². The highest BCUT2D eigenvalue weighted by atomic mass is 16.6. The fourth-order valence-corrected chi connectivity index (χ4v) is 4.01. The van der Waals surface area contributed by atoms with Crippen LogP contribution in [-0.4, -0.2) is 50.3 Å². The molecule has 0 radical (unpaired) electrons. The zero-order valence-corrected chi connectivity index (χ0v) is 18.5. The van der Waals surface area contributed by atoms with Crippen molar-refractivity contribution < 1.29 is 19.9 Å². The van der Waals surface area contributed by atoms with E-state index in [2.05, 4.69) is 10.4 Å². The van der Waals surface area contributed by atoms with Crippen molar-refractivity contribution in [2.75, 3.05) is 12.4 Å². The van der Waals surface area contributed by atoms with E-state index in [0.29, 0.717) is 16.9 Å². The molecular weight excluding hydrogens is 404 g/mol. The van der Waals surface area contributed by atoms with Crippen LogP contribution in [-0.2, 0) is 5.54 Å². The van der Waals surface area contributed by atoms with Gasteiger partial charge in [-0.2, -0.15) is 0 Å². The number of nitrogens with one attached hydrogen (secondary N) is 2. The molecule has 2 atom stereocenters. The number of aliphatic hydroxyl groups excluding tert-OH is 2. The molecule has 2 unspecified atom stereocenters.